The Morgan fingerprint density at radius 2 is 1.61 bits per heavy atom. The van der Waals surface area contributed by atoms with Crippen LogP contribution in [-0.4, -0.2) is 13.4 Å². The van der Waals surface area contributed by atoms with E-state index in [1.165, 1.54) is 17.7 Å². The van der Waals surface area contributed by atoms with Gasteiger partial charge in [0.05, 0.1) is 10.6 Å². The summed E-state index contributed by atoms with van der Waals surface area (Å²) in [7, 11) is -3.67. The van der Waals surface area contributed by atoms with Crippen molar-refractivity contribution < 1.29 is 8.42 Å². The average Bonchev–Trinajstić information content (AvgIpc) is 2.97. The van der Waals surface area contributed by atoms with Gasteiger partial charge in [0.1, 0.15) is 0 Å². The number of primary sulfonamides is 1. The zero-order valence-corrected chi connectivity index (χ0v) is 14.1. The Kier molecular flexibility index (Phi) is 4.30. The van der Waals surface area contributed by atoms with Crippen molar-refractivity contribution in [3.05, 3.63) is 66.4 Å². The lowest BCUT2D eigenvalue weighted by Gasteiger charge is -2.06. The van der Waals surface area contributed by atoms with E-state index in [1.807, 2.05) is 12.3 Å². The molecule has 0 saturated heterocycles. The molecule has 0 aliphatic rings. The number of benzene rings is 2. The molecule has 0 spiro atoms. The van der Waals surface area contributed by atoms with Crippen LogP contribution in [0.2, 0.25) is 0 Å². The van der Waals surface area contributed by atoms with Crippen LogP contribution in [0.1, 0.15) is 5.56 Å². The highest BCUT2D eigenvalue weighted by Gasteiger charge is 2.11. The molecule has 1 aromatic heterocycles. The van der Waals surface area contributed by atoms with Crippen molar-refractivity contribution >= 4 is 21.8 Å². The van der Waals surface area contributed by atoms with Gasteiger partial charge < -0.3 is 4.98 Å². The van der Waals surface area contributed by atoms with Gasteiger partial charge >= 0.3 is 0 Å². The van der Waals surface area contributed by atoms with E-state index in [0.717, 1.165) is 21.0 Å². The second-order valence-electron chi connectivity index (χ2n) is 5.20. The fraction of sp³-hybridized carbons (Fsp3) is 0.0588. The Morgan fingerprint density at radius 3 is 2.22 bits per heavy atom. The van der Waals surface area contributed by atoms with E-state index in [4.69, 9.17) is 5.14 Å². The highest BCUT2D eigenvalue weighted by Crippen LogP contribution is 2.35. The van der Waals surface area contributed by atoms with Crippen LogP contribution >= 0.6 is 11.8 Å². The summed E-state index contributed by atoms with van der Waals surface area (Å²) >= 11 is 1.66. The van der Waals surface area contributed by atoms with Gasteiger partial charge in [-0.05, 0) is 42.8 Å². The molecule has 23 heavy (non-hydrogen) atoms. The standard InChI is InChI=1S/C17H16N2O2S2/c1-12-2-6-14(7-3-12)22-16-10-11-19-17(16)13-4-8-15(9-5-13)23(18,20)21/h2-11,19H,1H3,(H2,18,20,21). The molecule has 0 radical (unpaired) electrons. The molecule has 0 aliphatic carbocycles. The summed E-state index contributed by atoms with van der Waals surface area (Å²) in [6, 6.07) is 16.9. The molecule has 0 fully saturated rings. The minimum absolute atomic E-state index is 0.112. The predicted octanol–water partition coefficient (Wildman–Crippen LogP) is 3.79. The Bertz CT molecular complexity index is 912. The Hall–Kier alpha value is -2.02. The zero-order chi connectivity index (χ0) is 16.4. The first-order valence-corrected chi connectivity index (χ1v) is 9.35. The van der Waals surface area contributed by atoms with Gasteiger partial charge in [-0.1, -0.05) is 41.6 Å². The summed E-state index contributed by atoms with van der Waals surface area (Å²) in [6.45, 7) is 2.06. The maximum absolute atomic E-state index is 11.3. The number of aromatic nitrogens is 1. The highest BCUT2D eigenvalue weighted by atomic mass is 32.2. The van der Waals surface area contributed by atoms with Crippen LogP contribution in [0, 0.1) is 6.92 Å². The topological polar surface area (TPSA) is 76.0 Å². The van der Waals surface area contributed by atoms with Crippen molar-refractivity contribution in [2.75, 3.05) is 0 Å². The van der Waals surface area contributed by atoms with Gasteiger partial charge in [-0.3, -0.25) is 0 Å². The summed E-state index contributed by atoms with van der Waals surface area (Å²) in [5.41, 5.74) is 3.09. The molecular weight excluding hydrogens is 328 g/mol. The lowest BCUT2D eigenvalue weighted by atomic mass is 10.2. The van der Waals surface area contributed by atoms with Crippen LogP contribution in [0.4, 0.5) is 0 Å². The molecule has 3 N–H and O–H groups in total. The summed E-state index contributed by atoms with van der Waals surface area (Å²) in [6.07, 6.45) is 1.87. The molecule has 2 aromatic carbocycles. The van der Waals surface area contributed by atoms with E-state index in [1.54, 1.807) is 23.9 Å². The highest BCUT2D eigenvalue weighted by molar-refractivity contribution is 7.99. The van der Waals surface area contributed by atoms with Crippen molar-refractivity contribution in [2.45, 2.75) is 21.6 Å². The Balaban J connectivity index is 1.90. The Labute approximate surface area is 139 Å². The summed E-state index contributed by atoms with van der Waals surface area (Å²) in [5.74, 6) is 0. The van der Waals surface area contributed by atoms with Crippen molar-refractivity contribution in [3.63, 3.8) is 0 Å². The molecule has 1 heterocycles. The monoisotopic (exact) mass is 344 g/mol. The second-order valence-corrected chi connectivity index (χ2v) is 7.88. The molecule has 118 valence electrons. The Morgan fingerprint density at radius 1 is 0.957 bits per heavy atom. The van der Waals surface area contributed by atoms with E-state index in [9.17, 15) is 8.42 Å². The van der Waals surface area contributed by atoms with Crippen molar-refractivity contribution in [1.29, 1.82) is 0 Å². The average molecular weight is 344 g/mol. The largest absolute Gasteiger partial charge is 0.360 e. The van der Waals surface area contributed by atoms with Crippen molar-refractivity contribution in [1.82, 2.24) is 4.98 Å². The molecule has 0 bridgehead atoms. The first kappa shape index (κ1) is 15.9. The maximum Gasteiger partial charge on any atom is 0.238 e. The third kappa shape index (κ3) is 3.67. The molecular formula is C17H16N2O2S2. The van der Waals surface area contributed by atoms with Crippen LogP contribution in [0.5, 0.6) is 0 Å². The number of H-pyrrole nitrogens is 1. The van der Waals surface area contributed by atoms with Crippen LogP contribution in [0.3, 0.4) is 0 Å². The molecule has 0 saturated carbocycles. The van der Waals surface area contributed by atoms with E-state index >= 15 is 0 Å². The lowest BCUT2D eigenvalue weighted by Crippen LogP contribution is -2.11. The van der Waals surface area contributed by atoms with Gasteiger partial charge in [0.25, 0.3) is 0 Å². The maximum atomic E-state index is 11.3. The van der Waals surface area contributed by atoms with Gasteiger partial charge in [0, 0.05) is 16.0 Å². The quantitative estimate of drug-likeness (QED) is 0.756. The fourth-order valence-electron chi connectivity index (χ4n) is 2.21. The van der Waals surface area contributed by atoms with E-state index in [-0.39, 0.29) is 4.90 Å². The lowest BCUT2D eigenvalue weighted by molar-refractivity contribution is 0.598. The van der Waals surface area contributed by atoms with Crippen LogP contribution in [0.25, 0.3) is 11.3 Å². The first-order valence-electron chi connectivity index (χ1n) is 6.98. The minimum Gasteiger partial charge on any atom is -0.360 e. The molecule has 3 aromatic rings. The van der Waals surface area contributed by atoms with E-state index in [0.29, 0.717) is 0 Å². The number of aryl methyl sites for hydroxylation is 1. The molecule has 3 rings (SSSR count). The minimum atomic E-state index is -3.67. The van der Waals surface area contributed by atoms with Crippen molar-refractivity contribution in [2.24, 2.45) is 5.14 Å². The first-order chi connectivity index (χ1) is 10.9. The van der Waals surface area contributed by atoms with Gasteiger partial charge in [0.2, 0.25) is 10.0 Å². The zero-order valence-electron chi connectivity index (χ0n) is 12.5. The number of nitrogens with two attached hydrogens (primary N) is 1. The molecule has 4 nitrogen and oxygen atoms in total. The molecule has 0 aliphatic heterocycles. The van der Waals surface area contributed by atoms with Gasteiger partial charge in [-0.25, -0.2) is 13.6 Å². The predicted molar refractivity (Wildman–Crippen MR) is 92.9 cm³/mol. The number of sulfonamides is 1. The van der Waals surface area contributed by atoms with Gasteiger partial charge in [-0.15, -0.1) is 0 Å². The smallest absolute Gasteiger partial charge is 0.238 e. The second kappa shape index (κ2) is 6.23. The van der Waals surface area contributed by atoms with Crippen LogP contribution in [-0.2, 0) is 10.0 Å². The number of aromatic amines is 1. The summed E-state index contributed by atoms with van der Waals surface area (Å²) < 4.78 is 22.7. The third-order valence-electron chi connectivity index (χ3n) is 3.43. The molecule has 0 unspecified atom stereocenters. The molecule has 6 heteroatoms. The summed E-state index contributed by atoms with van der Waals surface area (Å²) in [5, 5.41) is 5.13. The van der Waals surface area contributed by atoms with Crippen molar-refractivity contribution in [3.8, 4) is 11.3 Å². The summed E-state index contributed by atoms with van der Waals surface area (Å²) in [4.78, 5) is 5.55. The van der Waals surface area contributed by atoms with Gasteiger partial charge in [-0.2, -0.15) is 0 Å². The molecule has 0 atom stereocenters. The molecule has 0 amide bonds. The van der Waals surface area contributed by atoms with E-state index in [2.05, 4.69) is 36.2 Å². The fourth-order valence-corrected chi connectivity index (χ4v) is 3.67. The number of rotatable bonds is 4. The third-order valence-corrected chi connectivity index (χ3v) is 5.43. The number of hydrogen-bond donors (Lipinski definition) is 2. The van der Waals surface area contributed by atoms with Crippen LogP contribution < -0.4 is 5.14 Å². The normalized spacial score (nSPS) is 11.6. The van der Waals surface area contributed by atoms with E-state index < -0.39 is 10.0 Å². The van der Waals surface area contributed by atoms with Gasteiger partial charge in [0.15, 0.2) is 0 Å². The van der Waals surface area contributed by atoms with Crippen LogP contribution in [0.15, 0.2) is 75.5 Å². The number of hydrogen-bond acceptors (Lipinski definition) is 3. The SMILES string of the molecule is Cc1ccc(Sc2cc[nH]c2-c2ccc(S(N)(=O)=O)cc2)cc1. The number of nitrogens with one attached hydrogen (secondary N) is 1.